The Bertz CT molecular complexity index is 1020. The Morgan fingerprint density at radius 1 is 1.05 bits per heavy atom. The summed E-state index contributed by atoms with van der Waals surface area (Å²) in [5, 5.41) is 29.5. The average Bonchev–Trinajstić information content (AvgIpc) is 3.21. The highest BCUT2D eigenvalue weighted by molar-refractivity contribution is 6.76. The molecule has 1 saturated heterocycles. The Balaban J connectivity index is 1.46. The molecule has 1 aliphatic heterocycles. The van der Waals surface area contributed by atoms with Crippen LogP contribution in [-0.2, 0) is 39.7 Å². The number of hydrogen-bond donors (Lipinski definition) is 3. The maximum atomic E-state index is 12.9. The van der Waals surface area contributed by atoms with Crippen molar-refractivity contribution in [1.29, 1.82) is 0 Å². The number of aryl methyl sites for hydroxylation is 1. The van der Waals surface area contributed by atoms with Crippen molar-refractivity contribution in [3.63, 3.8) is 0 Å². The molecule has 3 N–H and O–H groups in total. The molecule has 2 saturated carbocycles. The molecule has 3 fully saturated rings. The van der Waals surface area contributed by atoms with Gasteiger partial charge < -0.3 is 39.0 Å². The van der Waals surface area contributed by atoms with Crippen LogP contribution < -0.4 is 0 Å². The maximum absolute atomic E-state index is 12.9. The van der Waals surface area contributed by atoms with Gasteiger partial charge in [0, 0.05) is 46.8 Å². The Labute approximate surface area is 230 Å². The Kier molecular flexibility index (Phi) is 9.27. The molecule has 4 rings (SSSR count). The summed E-state index contributed by atoms with van der Waals surface area (Å²) in [4.78, 5) is 25.5. The van der Waals surface area contributed by atoms with Crippen LogP contribution in [0.4, 0.5) is 0 Å². The number of phenolic OH excluding ortho intramolecular Hbond substituents is 2. The van der Waals surface area contributed by atoms with E-state index in [-0.39, 0.29) is 44.0 Å². The molecule has 1 heterocycles. The van der Waals surface area contributed by atoms with Crippen LogP contribution in [0.15, 0.2) is 18.2 Å². The first kappa shape index (κ1) is 29.8. The standard InChI is InChI=1S/C28H42O10Si/c1-39(2,3)14-13-34-18-35-27(26(32)33)16-22(25-23(17-27)37-28(38-25)11-5-4-6-12-28)36-24(31)10-8-19-7-9-20(29)21(30)15-19/h7,9,15,22-23,25,29-30H,4-6,8,10-14,16-18H2,1-3H3,(H,32,33)/t22-,23-,25+,27-/m1/s1. The number of fused-ring (bicyclic) bond motifs is 1. The van der Waals surface area contributed by atoms with E-state index in [1.165, 1.54) is 12.1 Å². The van der Waals surface area contributed by atoms with Gasteiger partial charge in [-0.3, -0.25) is 4.79 Å². The largest absolute Gasteiger partial charge is 0.504 e. The van der Waals surface area contributed by atoms with E-state index in [4.69, 9.17) is 23.7 Å². The van der Waals surface area contributed by atoms with Gasteiger partial charge in [-0.15, -0.1) is 0 Å². The lowest BCUT2D eigenvalue weighted by molar-refractivity contribution is -0.215. The van der Waals surface area contributed by atoms with Crippen LogP contribution in [0.2, 0.25) is 25.7 Å². The molecule has 0 radical (unpaired) electrons. The van der Waals surface area contributed by atoms with Gasteiger partial charge in [-0.2, -0.15) is 0 Å². The van der Waals surface area contributed by atoms with E-state index in [0.717, 1.165) is 25.3 Å². The molecule has 11 heteroatoms. The number of carbonyl (C=O) groups is 2. The van der Waals surface area contributed by atoms with Gasteiger partial charge >= 0.3 is 11.9 Å². The van der Waals surface area contributed by atoms with E-state index in [9.17, 15) is 24.9 Å². The minimum absolute atomic E-state index is 0.00480. The van der Waals surface area contributed by atoms with E-state index >= 15 is 0 Å². The summed E-state index contributed by atoms with van der Waals surface area (Å²) in [7, 11) is -1.31. The van der Waals surface area contributed by atoms with Crippen LogP contribution >= 0.6 is 0 Å². The number of aromatic hydroxyl groups is 2. The molecule has 0 unspecified atom stereocenters. The third-order valence-corrected chi connectivity index (χ3v) is 9.58. The number of hydrogen-bond acceptors (Lipinski definition) is 9. The lowest BCUT2D eigenvalue weighted by atomic mass is 9.79. The molecule has 10 nitrogen and oxygen atoms in total. The summed E-state index contributed by atoms with van der Waals surface area (Å²) < 4.78 is 30.2. The van der Waals surface area contributed by atoms with Crippen molar-refractivity contribution in [3.8, 4) is 11.5 Å². The zero-order chi connectivity index (χ0) is 28.3. The van der Waals surface area contributed by atoms with E-state index in [0.29, 0.717) is 25.0 Å². The summed E-state index contributed by atoms with van der Waals surface area (Å²) in [5.74, 6) is -2.96. The van der Waals surface area contributed by atoms with Crippen LogP contribution in [0.3, 0.4) is 0 Å². The van der Waals surface area contributed by atoms with Crippen molar-refractivity contribution in [1.82, 2.24) is 0 Å². The highest BCUT2D eigenvalue weighted by atomic mass is 28.3. The molecule has 39 heavy (non-hydrogen) atoms. The van der Waals surface area contributed by atoms with E-state index in [1.54, 1.807) is 6.07 Å². The summed E-state index contributed by atoms with van der Waals surface area (Å²) in [6.45, 7) is 7.02. The molecule has 218 valence electrons. The van der Waals surface area contributed by atoms with Crippen molar-refractivity contribution >= 4 is 20.0 Å². The number of benzene rings is 1. The molecule has 1 spiro atoms. The summed E-state index contributed by atoms with van der Waals surface area (Å²) in [6, 6.07) is 5.30. The number of ether oxygens (including phenoxy) is 5. The molecular formula is C28H42O10Si. The Morgan fingerprint density at radius 2 is 1.79 bits per heavy atom. The van der Waals surface area contributed by atoms with Crippen LogP contribution in [0.1, 0.15) is 56.9 Å². The molecule has 2 aliphatic carbocycles. The second-order valence-corrected chi connectivity index (χ2v) is 17.9. The number of phenols is 2. The van der Waals surface area contributed by atoms with Crippen molar-refractivity contribution < 1.29 is 48.6 Å². The van der Waals surface area contributed by atoms with Crippen molar-refractivity contribution in [3.05, 3.63) is 23.8 Å². The lowest BCUT2D eigenvalue weighted by Gasteiger charge is -2.41. The van der Waals surface area contributed by atoms with Gasteiger partial charge in [-0.1, -0.05) is 32.1 Å². The number of carboxylic acid groups (broad SMARTS) is 1. The average molecular weight is 567 g/mol. The highest BCUT2D eigenvalue weighted by Gasteiger charge is 2.61. The van der Waals surface area contributed by atoms with Crippen molar-refractivity contribution in [2.75, 3.05) is 13.4 Å². The first-order valence-corrected chi connectivity index (χ1v) is 17.6. The number of carboxylic acids is 1. The summed E-state index contributed by atoms with van der Waals surface area (Å²) >= 11 is 0. The Hall–Kier alpha value is -2.18. The molecule has 0 amide bonds. The van der Waals surface area contributed by atoms with Gasteiger partial charge in [-0.25, -0.2) is 4.79 Å². The minimum Gasteiger partial charge on any atom is -0.504 e. The van der Waals surface area contributed by atoms with Gasteiger partial charge in [0.15, 0.2) is 22.9 Å². The summed E-state index contributed by atoms with van der Waals surface area (Å²) in [6.07, 6.45) is 2.65. The normalized spacial score (nSPS) is 28.2. The first-order valence-electron chi connectivity index (χ1n) is 13.9. The van der Waals surface area contributed by atoms with E-state index < -0.39 is 49.7 Å². The van der Waals surface area contributed by atoms with Gasteiger partial charge in [0.1, 0.15) is 19.0 Å². The SMILES string of the molecule is C[Si](C)(C)CCOCO[C@]1(C(=O)O)C[C@@H](OC(=O)CCc2ccc(O)c(O)c2)[C@@H]2OC3(CCCCC3)O[C@@H]2C1. The van der Waals surface area contributed by atoms with Gasteiger partial charge in [-0.05, 0) is 43.0 Å². The predicted octanol–water partition coefficient (Wildman–Crippen LogP) is 4.33. The monoisotopic (exact) mass is 566 g/mol. The lowest BCUT2D eigenvalue weighted by Crippen LogP contribution is -2.57. The molecule has 3 aliphatic rings. The number of rotatable bonds is 11. The third kappa shape index (κ3) is 7.52. The zero-order valence-corrected chi connectivity index (χ0v) is 24.1. The molecular weight excluding hydrogens is 524 g/mol. The molecule has 1 aromatic rings. The molecule has 1 aromatic carbocycles. The fourth-order valence-electron chi connectivity index (χ4n) is 5.60. The number of aliphatic carboxylic acids is 1. The van der Waals surface area contributed by atoms with Crippen LogP contribution in [-0.4, -0.2) is 78.4 Å². The molecule has 0 aromatic heterocycles. The van der Waals surface area contributed by atoms with Crippen molar-refractivity contribution in [2.24, 2.45) is 0 Å². The topological polar surface area (TPSA) is 141 Å². The van der Waals surface area contributed by atoms with E-state index in [1.807, 2.05) is 0 Å². The maximum Gasteiger partial charge on any atom is 0.336 e. The van der Waals surface area contributed by atoms with Crippen LogP contribution in [0, 0.1) is 0 Å². The molecule has 4 atom stereocenters. The summed E-state index contributed by atoms with van der Waals surface area (Å²) in [5.41, 5.74) is -0.985. The second-order valence-electron chi connectivity index (χ2n) is 12.3. The smallest absolute Gasteiger partial charge is 0.336 e. The van der Waals surface area contributed by atoms with Crippen LogP contribution in [0.5, 0.6) is 11.5 Å². The minimum atomic E-state index is -1.64. The van der Waals surface area contributed by atoms with Gasteiger partial charge in [0.25, 0.3) is 0 Å². The van der Waals surface area contributed by atoms with Gasteiger partial charge in [0.2, 0.25) is 0 Å². The number of esters is 1. The first-order chi connectivity index (χ1) is 18.4. The van der Waals surface area contributed by atoms with Crippen molar-refractivity contribution in [2.45, 2.75) is 113 Å². The molecule has 0 bridgehead atoms. The second kappa shape index (κ2) is 12.1. The highest BCUT2D eigenvalue weighted by Crippen LogP contribution is 2.48. The quantitative estimate of drug-likeness (QED) is 0.116. The fraction of sp³-hybridized carbons (Fsp3) is 0.714. The third-order valence-electron chi connectivity index (χ3n) is 7.87. The predicted molar refractivity (Wildman–Crippen MR) is 143 cm³/mol. The van der Waals surface area contributed by atoms with Crippen LogP contribution in [0.25, 0.3) is 0 Å². The Morgan fingerprint density at radius 3 is 2.46 bits per heavy atom. The van der Waals surface area contributed by atoms with E-state index in [2.05, 4.69) is 19.6 Å². The fourth-order valence-corrected chi connectivity index (χ4v) is 6.35. The van der Waals surface area contributed by atoms with Gasteiger partial charge in [0.05, 0.1) is 6.10 Å². The zero-order valence-electron chi connectivity index (χ0n) is 23.1. The number of carbonyl (C=O) groups excluding carboxylic acids is 1.